The number of aliphatic hydroxyl groups is 1. The van der Waals surface area contributed by atoms with Crippen LogP contribution in [0.2, 0.25) is 0 Å². The lowest BCUT2D eigenvalue weighted by atomic mass is 10.1. The SMILES string of the molecule is CCOc1cncc([C@H](O)C(F)(F)F)c1. The molecule has 0 radical (unpaired) electrons. The molecular weight excluding hydrogens is 211 g/mol. The van der Waals surface area contributed by atoms with Gasteiger partial charge in [0.2, 0.25) is 0 Å². The summed E-state index contributed by atoms with van der Waals surface area (Å²) in [4.78, 5) is 3.55. The van der Waals surface area contributed by atoms with Crippen LogP contribution in [0.25, 0.3) is 0 Å². The highest BCUT2D eigenvalue weighted by atomic mass is 19.4. The molecule has 1 atom stereocenters. The van der Waals surface area contributed by atoms with Crippen LogP contribution in [-0.4, -0.2) is 22.9 Å². The van der Waals surface area contributed by atoms with Crippen LogP contribution >= 0.6 is 0 Å². The Morgan fingerprint density at radius 1 is 1.47 bits per heavy atom. The van der Waals surface area contributed by atoms with Gasteiger partial charge in [0.25, 0.3) is 0 Å². The third-order valence-corrected chi connectivity index (χ3v) is 1.67. The molecule has 0 bridgehead atoms. The third-order valence-electron chi connectivity index (χ3n) is 1.67. The summed E-state index contributed by atoms with van der Waals surface area (Å²) in [6.45, 7) is 2.03. The molecule has 0 amide bonds. The first-order valence-corrected chi connectivity index (χ1v) is 4.27. The molecule has 0 unspecified atom stereocenters. The number of aliphatic hydroxyl groups excluding tert-OH is 1. The molecule has 15 heavy (non-hydrogen) atoms. The molecule has 84 valence electrons. The fourth-order valence-corrected chi connectivity index (χ4v) is 1.02. The molecule has 1 aromatic rings. The monoisotopic (exact) mass is 221 g/mol. The molecule has 0 spiro atoms. The van der Waals surface area contributed by atoms with Crippen molar-refractivity contribution >= 4 is 0 Å². The van der Waals surface area contributed by atoms with E-state index in [0.717, 1.165) is 12.3 Å². The summed E-state index contributed by atoms with van der Waals surface area (Å²) in [5, 5.41) is 8.93. The van der Waals surface area contributed by atoms with Gasteiger partial charge in [-0.2, -0.15) is 13.2 Å². The summed E-state index contributed by atoms with van der Waals surface area (Å²) >= 11 is 0. The summed E-state index contributed by atoms with van der Waals surface area (Å²) in [7, 11) is 0. The maximum Gasteiger partial charge on any atom is 0.418 e. The largest absolute Gasteiger partial charge is 0.492 e. The highest BCUT2D eigenvalue weighted by Crippen LogP contribution is 2.33. The first-order chi connectivity index (χ1) is 6.95. The topological polar surface area (TPSA) is 42.4 Å². The van der Waals surface area contributed by atoms with Gasteiger partial charge in [-0.25, -0.2) is 0 Å². The minimum atomic E-state index is -4.69. The normalized spacial score (nSPS) is 13.7. The van der Waals surface area contributed by atoms with E-state index < -0.39 is 12.3 Å². The van der Waals surface area contributed by atoms with Gasteiger partial charge in [0.1, 0.15) is 5.75 Å². The molecule has 1 aromatic heterocycles. The van der Waals surface area contributed by atoms with Crippen LogP contribution in [0, 0.1) is 0 Å². The lowest BCUT2D eigenvalue weighted by molar-refractivity contribution is -0.206. The molecule has 0 fully saturated rings. The second-order valence-electron chi connectivity index (χ2n) is 2.83. The summed E-state index contributed by atoms with van der Waals surface area (Å²) in [5.74, 6) is 0.207. The van der Waals surface area contributed by atoms with Crippen molar-refractivity contribution in [2.45, 2.75) is 19.2 Å². The number of rotatable bonds is 3. The molecular formula is C9H10F3NO2. The average Bonchev–Trinajstić information content (AvgIpc) is 2.16. The van der Waals surface area contributed by atoms with Crippen LogP contribution in [0.15, 0.2) is 18.5 Å². The van der Waals surface area contributed by atoms with Gasteiger partial charge >= 0.3 is 6.18 Å². The minimum Gasteiger partial charge on any atom is -0.492 e. The van der Waals surface area contributed by atoms with Crippen molar-refractivity contribution in [3.63, 3.8) is 0 Å². The van der Waals surface area contributed by atoms with E-state index >= 15 is 0 Å². The van der Waals surface area contributed by atoms with Crippen molar-refractivity contribution in [3.05, 3.63) is 24.0 Å². The number of nitrogens with zero attached hydrogens (tertiary/aromatic N) is 1. The summed E-state index contributed by atoms with van der Waals surface area (Å²) < 4.78 is 41.4. The second-order valence-corrected chi connectivity index (χ2v) is 2.83. The van der Waals surface area contributed by atoms with Crippen LogP contribution in [0.3, 0.4) is 0 Å². The van der Waals surface area contributed by atoms with E-state index in [-0.39, 0.29) is 11.3 Å². The van der Waals surface area contributed by atoms with Gasteiger partial charge in [-0.15, -0.1) is 0 Å². The fraction of sp³-hybridized carbons (Fsp3) is 0.444. The smallest absolute Gasteiger partial charge is 0.418 e. The van der Waals surface area contributed by atoms with Gasteiger partial charge in [-0.05, 0) is 13.0 Å². The third kappa shape index (κ3) is 3.09. The fourth-order valence-electron chi connectivity index (χ4n) is 1.02. The maximum atomic E-state index is 12.1. The van der Waals surface area contributed by atoms with Crippen LogP contribution < -0.4 is 4.74 Å². The van der Waals surface area contributed by atoms with Gasteiger partial charge in [0, 0.05) is 11.8 Å². The Morgan fingerprint density at radius 2 is 2.13 bits per heavy atom. The molecule has 1 N–H and O–H groups in total. The van der Waals surface area contributed by atoms with Crippen LogP contribution in [0.1, 0.15) is 18.6 Å². The maximum absolute atomic E-state index is 12.1. The zero-order valence-electron chi connectivity index (χ0n) is 7.95. The lowest BCUT2D eigenvalue weighted by Crippen LogP contribution is -2.20. The zero-order chi connectivity index (χ0) is 11.5. The first kappa shape index (κ1) is 11.8. The Balaban J connectivity index is 2.90. The van der Waals surface area contributed by atoms with Crippen molar-refractivity contribution < 1.29 is 23.0 Å². The number of ether oxygens (including phenoxy) is 1. The molecule has 0 saturated carbocycles. The zero-order valence-corrected chi connectivity index (χ0v) is 7.95. The van der Waals surface area contributed by atoms with Gasteiger partial charge < -0.3 is 9.84 Å². The van der Waals surface area contributed by atoms with Gasteiger partial charge in [0.05, 0.1) is 12.8 Å². The van der Waals surface area contributed by atoms with Crippen molar-refractivity contribution in [2.75, 3.05) is 6.61 Å². The second kappa shape index (κ2) is 4.48. The highest BCUT2D eigenvalue weighted by Gasteiger charge is 2.39. The number of alkyl halides is 3. The number of aromatic nitrogens is 1. The van der Waals surface area contributed by atoms with E-state index in [1.165, 1.54) is 6.20 Å². The number of hydrogen-bond acceptors (Lipinski definition) is 3. The van der Waals surface area contributed by atoms with Gasteiger partial charge in [0.15, 0.2) is 6.10 Å². The molecule has 0 aliphatic carbocycles. The molecule has 1 rings (SSSR count). The number of hydrogen-bond donors (Lipinski definition) is 1. The minimum absolute atomic E-state index is 0.207. The van der Waals surface area contributed by atoms with Crippen molar-refractivity contribution in [1.29, 1.82) is 0 Å². The van der Waals surface area contributed by atoms with Gasteiger partial charge in [-0.3, -0.25) is 4.98 Å². The number of pyridine rings is 1. The molecule has 0 aliphatic heterocycles. The quantitative estimate of drug-likeness (QED) is 0.849. The Morgan fingerprint density at radius 3 is 2.67 bits per heavy atom. The van der Waals surface area contributed by atoms with E-state index in [0.29, 0.717) is 6.61 Å². The van der Waals surface area contributed by atoms with Crippen LogP contribution in [-0.2, 0) is 0 Å². The first-order valence-electron chi connectivity index (χ1n) is 4.27. The molecule has 3 nitrogen and oxygen atoms in total. The Bertz CT molecular complexity index is 327. The predicted octanol–water partition coefficient (Wildman–Crippen LogP) is 2.08. The van der Waals surface area contributed by atoms with E-state index in [9.17, 15) is 13.2 Å². The van der Waals surface area contributed by atoms with E-state index in [1.54, 1.807) is 6.92 Å². The summed E-state index contributed by atoms with van der Waals surface area (Å²) in [6.07, 6.45) is -4.96. The Hall–Kier alpha value is -1.30. The van der Waals surface area contributed by atoms with E-state index in [4.69, 9.17) is 9.84 Å². The van der Waals surface area contributed by atoms with Crippen molar-refractivity contribution in [1.82, 2.24) is 4.98 Å². The number of halogens is 3. The van der Waals surface area contributed by atoms with Crippen LogP contribution in [0.4, 0.5) is 13.2 Å². The van der Waals surface area contributed by atoms with Crippen LogP contribution in [0.5, 0.6) is 5.75 Å². The molecule has 0 aromatic carbocycles. The Labute approximate surface area is 84.5 Å². The van der Waals surface area contributed by atoms with E-state index in [2.05, 4.69) is 4.98 Å². The summed E-state index contributed by atoms with van der Waals surface area (Å²) in [6, 6.07) is 1.12. The van der Waals surface area contributed by atoms with E-state index in [1.807, 2.05) is 0 Å². The lowest BCUT2D eigenvalue weighted by Gasteiger charge is -2.14. The molecule has 0 aliphatic rings. The predicted molar refractivity (Wildman–Crippen MR) is 46.4 cm³/mol. The Kier molecular flexibility index (Phi) is 3.52. The van der Waals surface area contributed by atoms with Gasteiger partial charge in [-0.1, -0.05) is 0 Å². The molecule has 0 saturated heterocycles. The van der Waals surface area contributed by atoms with Crippen molar-refractivity contribution in [3.8, 4) is 5.75 Å². The standard InChI is InChI=1S/C9H10F3NO2/c1-2-15-7-3-6(4-13-5-7)8(14)9(10,11)12/h3-5,8,14H,2H2,1H3/t8-/m0/s1. The summed E-state index contributed by atoms with van der Waals surface area (Å²) in [5.41, 5.74) is -0.326. The highest BCUT2D eigenvalue weighted by molar-refractivity contribution is 5.25. The molecule has 6 heteroatoms. The van der Waals surface area contributed by atoms with Crippen molar-refractivity contribution in [2.24, 2.45) is 0 Å². The molecule has 1 heterocycles. The average molecular weight is 221 g/mol.